The molecule has 1 atom stereocenters. The van der Waals surface area contributed by atoms with E-state index in [1.807, 2.05) is 66.7 Å². The summed E-state index contributed by atoms with van der Waals surface area (Å²) in [6.45, 7) is 0.194. The van der Waals surface area contributed by atoms with Gasteiger partial charge in [-0.25, -0.2) is 4.79 Å². The van der Waals surface area contributed by atoms with Crippen molar-refractivity contribution in [2.45, 2.75) is 24.8 Å². The van der Waals surface area contributed by atoms with Gasteiger partial charge in [0.1, 0.15) is 6.61 Å². The van der Waals surface area contributed by atoms with Crippen LogP contribution in [-0.2, 0) is 9.53 Å². The molecule has 3 aromatic rings. The number of carboxylic acids is 1. The molecule has 1 amide bonds. The Balaban J connectivity index is 1.38. The zero-order chi connectivity index (χ0) is 22.3. The summed E-state index contributed by atoms with van der Waals surface area (Å²) in [6.07, 6.45) is 3.39. The molecule has 0 unspecified atom stereocenters. The molecule has 32 heavy (non-hydrogen) atoms. The van der Waals surface area contributed by atoms with E-state index in [0.29, 0.717) is 6.42 Å². The van der Waals surface area contributed by atoms with E-state index in [4.69, 9.17) is 4.74 Å². The van der Waals surface area contributed by atoms with E-state index in [1.165, 1.54) is 0 Å². The molecule has 162 valence electrons. The second-order valence-electron chi connectivity index (χ2n) is 7.81. The van der Waals surface area contributed by atoms with E-state index in [-0.39, 0.29) is 18.9 Å². The van der Waals surface area contributed by atoms with Crippen LogP contribution in [-0.4, -0.2) is 29.8 Å². The summed E-state index contributed by atoms with van der Waals surface area (Å²) >= 11 is 0. The summed E-state index contributed by atoms with van der Waals surface area (Å²) in [5.74, 6) is -1.01. The first kappa shape index (κ1) is 21.4. The molecule has 0 aromatic heterocycles. The predicted octanol–water partition coefficient (Wildman–Crippen LogP) is 5.47. The average molecular weight is 428 g/mol. The Morgan fingerprint density at radius 3 is 2.12 bits per heavy atom. The topological polar surface area (TPSA) is 75.6 Å². The van der Waals surface area contributed by atoms with Gasteiger partial charge in [0.15, 0.2) is 0 Å². The lowest BCUT2D eigenvalue weighted by molar-refractivity contribution is -0.137. The number of rotatable bonds is 8. The second kappa shape index (κ2) is 9.96. The normalized spacial score (nSPS) is 13.4. The first-order chi connectivity index (χ1) is 15.6. The lowest BCUT2D eigenvalue weighted by atomic mass is 9.98. The van der Waals surface area contributed by atoms with Crippen molar-refractivity contribution in [3.63, 3.8) is 0 Å². The first-order valence-corrected chi connectivity index (χ1v) is 10.7. The molecule has 5 nitrogen and oxygen atoms in total. The second-order valence-corrected chi connectivity index (χ2v) is 7.81. The Morgan fingerprint density at radius 2 is 1.50 bits per heavy atom. The Morgan fingerprint density at radius 1 is 0.906 bits per heavy atom. The molecule has 1 aliphatic rings. The van der Waals surface area contributed by atoms with Crippen molar-refractivity contribution in [3.8, 4) is 11.1 Å². The molecule has 0 saturated heterocycles. The van der Waals surface area contributed by atoms with E-state index in [2.05, 4.69) is 29.6 Å². The van der Waals surface area contributed by atoms with Crippen LogP contribution < -0.4 is 5.32 Å². The first-order valence-electron chi connectivity index (χ1n) is 10.7. The number of carbonyl (C=O) groups is 2. The SMILES string of the molecule is O=C(O)C[C@@H](CC=Cc1ccccc1)NC(=O)OCC1c2ccccc2-c2ccccc21. The van der Waals surface area contributed by atoms with Crippen LogP contribution in [0.1, 0.15) is 35.4 Å². The third-order valence-electron chi connectivity index (χ3n) is 5.62. The van der Waals surface area contributed by atoms with Crippen LogP contribution in [0.2, 0.25) is 0 Å². The van der Waals surface area contributed by atoms with Crippen LogP contribution in [0.15, 0.2) is 84.9 Å². The molecule has 0 saturated carbocycles. The summed E-state index contributed by atoms with van der Waals surface area (Å²) in [5, 5.41) is 11.9. The molecule has 0 bridgehead atoms. The maximum absolute atomic E-state index is 12.5. The van der Waals surface area contributed by atoms with Crippen molar-refractivity contribution in [1.29, 1.82) is 0 Å². The third-order valence-corrected chi connectivity index (χ3v) is 5.62. The van der Waals surface area contributed by atoms with Gasteiger partial charge in [-0.3, -0.25) is 4.79 Å². The molecule has 0 heterocycles. The summed E-state index contributed by atoms with van der Waals surface area (Å²) in [6, 6.07) is 25.4. The zero-order valence-electron chi connectivity index (χ0n) is 17.6. The average Bonchev–Trinajstić information content (AvgIpc) is 3.12. The summed E-state index contributed by atoms with van der Waals surface area (Å²) in [5.41, 5.74) is 5.60. The predicted molar refractivity (Wildman–Crippen MR) is 124 cm³/mol. The lowest BCUT2D eigenvalue weighted by Crippen LogP contribution is -2.37. The molecule has 5 heteroatoms. The van der Waals surface area contributed by atoms with Crippen LogP contribution in [0.3, 0.4) is 0 Å². The third kappa shape index (κ3) is 5.06. The monoisotopic (exact) mass is 427 g/mol. The quantitative estimate of drug-likeness (QED) is 0.500. The molecule has 3 aromatic carbocycles. The molecule has 0 aliphatic heterocycles. The van der Waals surface area contributed by atoms with Crippen molar-refractivity contribution in [2.24, 2.45) is 0 Å². The largest absolute Gasteiger partial charge is 0.481 e. The summed E-state index contributed by atoms with van der Waals surface area (Å²) < 4.78 is 5.55. The highest BCUT2D eigenvalue weighted by Gasteiger charge is 2.29. The van der Waals surface area contributed by atoms with Crippen molar-refractivity contribution in [3.05, 3.63) is 102 Å². The van der Waals surface area contributed by atoms with E-state index >= 15 is 0 Å². The number of benzene rings is 3. The van der Waals surface area contributed by atoms with Crippen LogP contribution in [0.4, 0.5) is 4.79 Å². The number of carbonyl (C=O) groups excluding carboxylic acids is 1. The van der Waals surface area contributed by atoms with Crippen LogP contribution in [0.25, 0.3) is 17.2 Å². The van der Waals surface area contributed by atoms with Gasteiger partial charge in [0.25, 0.3) is 0 Å². The van der Waals surface area contributed by atoms with Crippen molar-refractivity contribution in [1.82, 2.24) is 5.32 Å². The van der Waals surface area contributed by atoms with Gasteiger partial charge in [-0.05, 0) is 34.2 Å². The Bertz CT molecular complexity index is 1080. The fourth-order valence-electron chi connectivity index (χ4n) is 4.14. The highest BCUT2D eigenvalue weighted by atomic mass is 16.5. The minimum atomic E-state index is -0.970. The van der Waals surface area contributed by atoms with E-state index < -0.39 is 18.1 Å². The smallest absolute Gasteiger partial charge is 0.407 e. The van der Waals surface area contributed by atoms with Crippen LogP contribution >= 0.6 is 0 Å². The van der Waals surface area contributed by atoms with Gasteiger partial charge in [-0.1, -0.05) is 91.0 Å². The zero-order valence-corrected chi connectivity index (χ0v) is 17.6. The number of aliphatic carboxylic acids is 1. The van der Waals surface area contributed by atoms with E-state index in [0.717, 1.165) is 27.8 Å². The summed E-state index contributed by atoms with van der Waals surface area (Å²) in [7, 11) is 0. The molecular formula is C27H25NO4. The fourth-order valence-corrected chi connectivity index (χ4v) is 4.14. The molecule has 0 spiro atoms. The highest BCUT2D eigenvalue weighted by Crippen LogP contribution is 2.44. The number of alkyl carbamates (subject to hydrolysis) is 1. The minimum absolute atomic E-state index is 0.0379. The van der Waals surface area contributed by atoms with Crippen LogP contribution in [0, 0.1) is 0 Å². The highest BCUT2D eigenvalue weighted by molar-refractivity contribution is 5.79. The van der Waals surface area contributed by atoms with Gasteiger partial charge in [0.2, 0.25) is 0 Å². The number of carboxylic acid groups (broad SMARTS) is 1. The molecule has 0 radical (unpaired) electrons. The number of nitrogens with one attached hydrogen (secondary N) is 1. The van der Waals surface area contributed by atoms with Gasteiger partial charge in [-0.2, -0.15) is 0 Å². The number of hydrogen-bond donors (Lipinski definition) is 2. The standard InChI is InChI=1S/C27H25NO4/c29-26(30)17-20(12-8-11-19-9-2-1-3-10-19)28-27(31)32-18-25-23-15-6-4-13-21(23)22-14-5-7-16-24(22)25/h1-11,13-16,20,25H,12,17-18H2,(H,28,31)(H,29,30)/t20-/m1/s1. The maximum atomic E-state index is 12.5. The van der Waals surface area contributed by atoms with Crippen LogP contribution in [0.5, 0.6) is 0 Å². The fraction of sp³-hybridized carbons (Fsp3) is 0.185. The van der Waals surface area contributed by atoms with Gasteiger partial charge in [0.05, 0.1) is 6.42 Å². The van der Waals surface area contributed by atoms with Crippen molar-refractivity contribution >= 4 is 18.1 Å². The number of ether oxygens (including phenoxy) is 1. The molecule has 2 N–H and O–H groups in total. The van der Waals surface area contributed by atoms with Gasteiger partial charge in [-0.15, -0.1) is 0 Å². The number of fused-ring (bicyclic) bond motifs is 3. The van der Waals surface area contributed by atoms with Gasteiger partial charge < -0.3 is 15.2 Å². The maximum Gasteiger partial charge on any atom is 0.407 e. The minimum Gasteiger partial charge on any atom is -0.481 e. The van der Waals surface area contributed by atoms with Crippen molar-refractivity contribution < 1.29 is 19.4 Å². The molecule has 4 rings (SSSR count). The Labute approximate surface area is 187 Å². The molecule has 1 aliphatic carbocycles. The molecule has 0 fully saturated rings. The Kier molecular flexibility index (Phi) is 6.66. The number of hydrogen-bond acceptors (Lipinski definition) is 3. The Hall–Kier alpha value is -3.86. The number of amides is 1. The lowest BCUT2D eigenvalue weighted by Gasteiger charge is -2.18. The van der Waals surface area contributed by atoms with Crippen molar-refractivity contribution in [2.75, 3.05) is 6.61 Å². The van der Waals surface area contributed by atoms with E-state index in [9.17, 15) is 14.7 Å². The van der Waals surface area contributed by atoms with E-state index in [1.54, 1.807) is 0 Å². The van der Waals surface area contributed by atoms with Gasteiger partial charge >= 0.3 is 12.1 Å². The summed E-state index contributed by atoms with van der Waals surface area (Å²) in [4.78, 5) is 23.7. The molecular weight excluding hydrogens is 402 g/mol. The van der Waals surface area contributed by atoms with Gasteiger partial charge in [0, 0.05) is 12.0 Å².